The van der Waals surface area contributed by atoms with Crippen LogP contribution < -0.4 is 0 Å². The van der Waals surface area contributed by atoms with Gasteiger partial charge in [-0.15, -0.1) is 11.6 Å². The molecule has 0 radical (unpaired) electrons. The van der Waals surface area contributed by atoms with Crippen molar-refractivity contribution >= 4 is 11.6 Å². The fourth-order valence-electron chi connectivity index (χ4n) is 1.20. The number of halogens is 1. The van der Waals surface area contributed by atoms with Crippen molar-refractivity contribution in [1.82, 2.24) is 0 Å². The van der Waals surface area contributed by atoms with Crippen LogP contribution in [0.25, 0.3) is 0 Å². The molecule has 0 amide bonds. The van der Waals surface area contributed by atoms with E-state index in [4.69, 9.17) is 11.6 Å². The summed E-state index contributed by atoms with van der Waals surface area (Å²) in [5.74, 6) is 0.550. The molecule has 1 heteroatoms. The van der Waals surface area contributed by atoms with Crippen LogP contribution in [0.1, 0.15) is 34.1 Å². The van der Waals surface area contributed by atoms with Crippen molar-refractivity contribution in [2.24, 2.45) is 5.92 Å². The Hall–Kier alpha value is -0.230. The van der Waals surface area contributed by atoms with Crippen molar-refractivity contribution in [2.45, 2.75) is 39.0 Å². The van der Waals surface area contributed by atoms with E-state index in [0.717, 1.165) is 6.42 Å². The maximum absolute atomic E-state index is 6.09. The van der Waals surface area contributed by atoms with Gasteiger partial charge in [0.25, 0.3) is 0 Å². The third-order valence-corrected chi connectivity index (χ3v) is 1.70. The molecule has 0 aliphatic rings. The van der Waals surface area contributed by atoms with Crippen LogP contribution in [0, 0.1) is 5.92 Å². The van der Waals surface area contributed by atoms with E-state index >= 15 is 0 Å². The minimum absolute atomic E-state index is 0.0836. The number of rotatable bonds is 4. The van der Waals surface area contributed by atoms with E-state index in [2.05, 4.69) is 32.9 Å². The molecule has 70 valence electrons. The number of allylic oxidation sites excluding steroid dienone is 4. The topological polar surface area (TPSA) is 0 Å². The van der Waals surface area contributed by atoms with Crippen LogP contribution in [0.3, 0.4) is 0 Å². The molecule has 0 aliphatic heterocycles. The van der Waals surface area contributed by atoms with Crippen LogP contribution >= 0.6 is 11.6 Å². The second-order valence-corrected chi connectivity index (χ2v) is 4.83. The van der Waals surface area contributed by atoms with Gasteiger partial charge in [0.1, 0.15) is 0 Å². The lowest BCUT2D eigenvalue weighted by atomic mass is 9.98. The summed E-state index contributed by atoms with van der Waals surface area (Å²) in [6.07, 6.45) is 9.34. The van der Waals surface area contributed by atoms with Gasteiger partial charge >= 0.3 is 0 Å². The van der Waals surface area contributed by atoms with Crippen molar-refractivity contribution in [3.8, 4) is 0 Å². The fourth-order valence-corrected chi connectivity index (χ4v) is 1.44. The summed E-state index contributed by atoms with van der Waals surface area (Å²) in [4.78, 5) is -0.0836. The minimum atomic E-state index is -0.0836. The standard InChI is InChI=1S/C11H19Cl/c1-5-6-7-8-10(2)9-11(3,4)12/h5-8,10H,9H2,1-4H3/b6-5+,8-7+. The summed E-state index contributed by atoms with van der Waals surface area (Å²) in [7, 11) is 0. The smallest absolute Gasteiger partial charge is 0.0396 e. The second kappa shape index (κ2) is 5.42. The predicted molar refractivity (Wildman–Crippen MR) is 57.7 cm³/mol. The molecule has 0 aliphatic carbocycles. The highest BCUT2D eigenvalue weighted by Gasteiger charge is 2.15. The highest BCUT2D eigenvalue weighted by Crippen LogP contribution is 2.23. The lowest BCUT2D eigenvalue weighted by Crippen LogP contribution is -2.13. The maximum Gasteiger partial charge on any atom is 0.0396 e. The third kappa shape index (κ3) is 7.87. The van der Waals surface area contributed by atoms with E-state index in [1.165, 1.54) is 0 Å². The van der Waals surface area contributed by atoms with E-state index < -0.39 is 0 Å². The Morgan fingerprint density at radius 1 is 1.33 bits per heavy atom. The molecule has 0 nitrogen and oxygen atoms in total. The Bertz CT molecular complexity index is 160. The molecule has 0 spiro atoms. The van der Waals surface area contributed by atoms with Crippen LogP contribution in [-0.4, -0.2) is 4.87 Å². The summed E-state index contributed by atoms with van der Waals surface area (Å²) >= 11 is 6.09. The van der Waals surface area contributed by atoms with Gasteiger partial charge < -0.3 is 0 Å². The second-order valence-electron chi connectivity index (χ2n) is 3.81. The molecule has 0 aromatic heterocycles. The van der Waals surface area contributed by atoms with Gasteiger partial charge in [-0.3, -0.25) is 0 Å². The third-order valence-electron chi connectivity index (χ3n) is 1.55. The monoisotopic (exact) mass is 186 g/mol. The molecule has 1 atom stereocenters. The van der Waals surface area contributed by atoms with E-state index in [0.29, 0.717) is 5.92 Å². The van der Waals surface area contributed by atoms with Gasteiger partial charge in [-0.1, -0.05) is 31.2 Å². The van der Waals surface area contributed by atoms with Gasteiger partial charge in [-0.25, -0.2) is 0 Å². The Morgan fingerprint density at radius 3 is 2.33 bits per heavy atom. The molecule has 0 saturated heterocycles. The van der Waals surface area contributed by atoms with Crippen molar-refractivity contribution in [1.29, 1.82) is 0 Å². The summed E-state index contributed by atoms with van der Waals surface area (Å²) in [5, 5.41) is 0. The first-order chi connectivity index (χ1) is 5.45. The SMILES string of the molecule is C/C=C/C=C/C(C)CC(C)(C)Cl. The fraction of sp³-hybridized carbons (Fsp3) is 0.636. The van der Waals surface area contributed by atoms with E-state index in [-0.39, 0.29) is 4.87 Å². The molecule has 0 fully saturated rings. The highest BCUT2D eigenvalue weighted by atomic mass is 35.5. The summed E-state index contributed by atoms with van der Waals surface area (Å²) in [6, 6.07) is 0. The van der Waals surface area contributed by atoms with Gasteiger partial charge in [-0.05, 0) is 33.1 Å². The van der Waals surface area contributed by atoms with Crippen LogP contribution in [0.4, 0.5) is 0 Å². The van der Waals surface area contributed by atoms with Crippen molar-refractivity contribution in [2.75, 3.05) is 0 Å². The van der Waals surface area contributed by atoms with Crippen LogP contribution in [0.15, 0.2) is 24.3 Å². The first-order valence-corrected chi connectivity index (χ1v) is 4.82. The van der Waals surface area contributed by atoms with Crippen molar-refractivity contribution in [3.05, 3.63) is 24.3 Å². The lowest BCUT2D eigenvalue weighted by molar-refractivity contribution is 0.534. The van der Waals surface area contributed by atoms with Crippen LogP contribution in [0.5, 0.6) is 0 Å². The number of alkyl halides is 1. The molecule has 0 saturated carbocycles. The van der Waals surface area contributed by atoms with Gasteiger partial charge in [0.05, 0.1) is 0 Å². The Kier molecular flexibility index (Phi) is 5.32. The molecule has 1 unspecified atom stereocenters. The Labute approximate surface area is 81.3 Å². The van der Waals surface area contributed by atoms with Gasteiger partial charge in [0.15, 0.2) is 0 Å². The average Bonchev–Trinajstić information content (AvgIpc) is 1.84. The molecule has 12 heavy (non-hydrogen) atoms. The first kappa shape index (κ1) is 11.8. The molecular weight excluding hydrogens is 168 g/mol. The molecule has 0 bridgehead atoms. The summed E-state index contributed by atoms with van der Waals surface area (Å²) in [5.41, 5.74) is 0. The largest absolute Gasteiger partial charge is 0.120 e. The maximum atomic E-state index is 6.09. The lowest BCUT2D eigenvalue weighted by Gasteiger charge is -2.18. The van der Waals surface area contributed by atoms with E-state index in [1.54, 1.807) is 0 Å². The molecular formula is C11H19Cl. The van der Waals surface area contributed by atoms with Gasteiger partial charge in [0, 0.05) is 4.87 Å². The van der Waals surface area contributed by atoms with Gasteiger partial charge in [0.2, 0.25) is 0 Å². The first-order valence-electron chi connectivity index (χ1n) is 4.44. The zero-order chi connectivity index (χ0) is 9.61. The molecule has 0 heterocycles. The average molecular weight is 187 g/mol. The van der Waals surface area contributed by atoms with Crippen LogP contribution in [0.2, 0.25) is 0 Å². The minimum Gasteiger partial charge on any atom is -0.120 e. The van der Waals surface area contributed by atoms with Crippen molar-refractivity contribution in [3.63, 3.8) is 0 Å². The van der Waals surface area contributed by atoms with E-state index in [1.807, 2.05) is 19.1 Å². The number of hydrogen-bond acceptors (Lipinski definition) is 0. The Morgan fingerprint density at radius 2 is 1.92 bits per heavy atom. The van der Waals surface area contributed by atoms with E-state index in [9.17, 15) is 0 Å². The normalized spacial score (nSPS) is 16.1. The van der Waals surface area contributed by atoms with Crippen LogP contribution in [-0.2, 0) is 0 Å². The predicted octanol–water partition coefficient (Wildman–Crippen LogP) is 4.16. The quantitative estimate of drug-likeness (QED) is 0.457. The zero-order valence-corrected chi connectivity index (χ0v) is 9.23. The summed E-state index contributed by atoms with van der Waals surface area (Å²) in [6.45, 7) is 8.30. The molecule has 0 aromatic rings. The van der Waals surface area contributed by atoms with Crippen molar-refractivity contribution < 1.29 is 0 Å². The number of hydrogen-bond donors (Lipinski definition) is 0. The highest BCUT2D eigenvalue weighted by molar-refractivity contribution is 6.23. The molecule has 0 rings (SSSR count). The van der Waals surface area contributed by atoms with Gasteiger partial charge in [-0.2, -0.15) is 0 Å². The zero-order valence-electron chi connectivity index (χ0n) is 8.47. The molecule has 0 N–H and O–H groups in total. The Balaban J connectivity index is 3.81. The summed E-state index contributed by atoms with van der Waals surface area (Å²) < 4.78 is 0. The molecule has 0 aromatic carbocycles.